The highest BCUT2D eigenvalue weighted by molar-refractivity contribution is 7.90. The molecule has 1 aliphatic carbocycles. The van der Waals surface area contributed by atoms with Crippen molar-refractivity contribution in [3.05, 3.63) is 83.7 Å². The monoisotopic (exact) mass is 473 g/mol. The second-order valence-corrected chi connectivity index (χ2v) is 11.1. The maximum absolute atomic E-state index is 13.6. The van der Waals surface area contributed by atoms with Gasteiger partial charge < -0.3 is 4.74 Å². The van der Waals surface area contributed by atoms with Gasteiger partial charge in [0.2, 0.25) is 0 Å². The van der Waals surface area contributed by atoms with Crippen molar-refractivity contribution in [1.29, 1.82) is 0 Å². The smallest absolute Gasteiger partial charge is 0.269 e. The normalized spacial score (nSPS) is 18.7. The molecule has 2 aromatic carbocycles. The van der Waals surface area contributed by atoms with Crippen LogP contribution in [0.2, 0.25) is 0 Å². The van der Waals surface area contributed by atoms with Crippen LogP contribution in [-0.4, -0.2) is 35.9 Å². The SMILES string of the molecule is CC1c2cc(Oc3ccnc4c3cc(C3CC3)n4S(=O)(=O)c3ccccc3)ccc2CCN1C. The van der Waals surface area contributed by atoms with Gasteiger partial charge >= 0.3 is 0 Å². The Kier molecular flexibility index (Phi) is 5.00. The lowest BCUT2D eigenvalue weighted by atomic mass is 9.94. The zero-order valence-electron chi connectivity index (χ0n) is 19.3. The Morgan fingerprint density at radius 2 is 1.82 bits per heavy atom. The molecule has 174 valence electrons. The molecule has 0 spiro atoms. The Hall–Kier alpha value is -3.16. The van der Waals surface area contributed by atoms with Crippen molar-refractivity contribution in [3.8, 4) is 11.5 Å². The van der Waals surface area contributed by atoms with Gasteiger partial charge in [0.15, 0.2) is 5.65 Å². The van der Waals surface area contributed by atoms with Crippen LogP contribution in [0.25, 0.3) is 11.0 Å². The number of rotatable bonds is 5. The molecule has 0 N–H and O–H groups in total. The maximum atomic E-state index is 13.6. The summed E-state index contributed by atoms with van der Waals surface area (Å²) < 4.78 is 35.1. The van der Waals surface area contributed by atoms with Crippen molar-refractivity contribution in [1.82, 2.24) is 13.9 Å². The van der Waals surface area contributed by atoms with Gasteiger partial charge in [-0.05, 0) is 80.8 Å². The quantitative estimate of drug-likeness (QED) is 0.383. The van der Waals surface area contributed by atoms with Crippen LogP contribution >= 0.6 is 0 Å². The first kappa shape index (κ1) is 21.4. The summed E-state index contributed by atoms with van der Waals surface area (Å²) in [4.78, 5) is 7.10. The molecule has 4 aromatic rings. The average Bonchev–Trinajstić information content (AvgIpc) is 3.62. The van der Waals surface area contributed by atoms with E-state index in [0.717, 1.165) is 37.3 Å². The molecule has 0 amide bonds. The summed E-state index contributed by atoms with van der Waals surface area (Å²) >= 11 is 0. The summed E-state index contributed by atoms with van der Waals surface area (Å²) in [6.07, 6.45) is 4.61. The number of fused-ring (bicyclic) bond motifs is 2. The Bertz CT molecular complexity index is 1490. The molecule has 1 aliphatic heterocycles. The second-order valence-electron chi connectivity index (χ2n) is 9.34. The van der Waals surface area contributed by atoms with Crippen LogP contribution in [0.15, 0.2) is 71.8 Å². The number of likely N-dealkylation sites (N-methyl/N-ethyl adjacent to an activating group) is 1. The molecule has 1 fully saturated rings. The predicted octanol–water partition coefficient (Wildman–Crippen LogP) is 5.49. The fraction of sp³-hybridized carbons (Fsp3) is 0.296. The molecule has 1 saturated carbocycles. The van der Waals surface area contributed by atoms with E-state index in [-0.39, 0.29) is 10.8 Å². The number of nitrogens with zero attached hydrogens (tertiary/aromatic N) is 3. The molecular formula is C27H27N3O3S. The molecule has 6 nitrogen and oxygen atoms in total. The van der Waals surface area contributed by atoms with Gasteiger partial charge in [-0.15, -0.1) is 0 Å². The van der Waals surface area contributed by atoms with Gasteiger partial charge in [0.25, 0.3) is 10.0 Å². The van der Waals surface area contributed by atoms with E-state index in [4.69, 9.17) is 4.74 Å². The molecule has 34 heavy (non-hydrogen) atoms. The van der Waals surface area contributed by atoms with Crippen LogP contribution < -0.4 is 4.74 Å². The van der Waals surface area contributed by atoms with Crippen LogP contribution in [-0.2, 0) is 16.4 Å². The third-order valence-corrected chi connectivity index (χ3v) is 8.85. The number of pyridine rings is 1. The van der Waals surface area contributed by atoms with Crippen molar-refractivity contribution < 1.29 is 13.2 Å². The highest BCUT2D eigenvalue weighted by Crippen LogP contribution is 2.45. The minimum absolute atomic E-state index is 0.223. The number of ether oxygens (including phenoxy) is 1. The van der Waals surface area contributed by atoms with Crippen molar-refractivity contribution >= 4 is 21.1 Å². The summed E-state index contributed by atoms with van der Waals surface area (Å²) in [5.41, 5.74) is 3.82. The van der Waals surface area contributed by atoms with E-state index in [0.29, 0.717) is 22.8 Å². The third-order valence-electron chi connectivity index (χ3n) is 7.12. The van der Waals surface area contributed by atoms with E-state index in [1.165, 1.54) is 15.1 Å². The first-order valence-corrected chi connectivity index (χ1v) is 13.2. The molecule has 2 aromatic heterocycles. The Morgan fingerprint density at radius 1 is 1.03 bits per heavy atom. The van der Waals surface area contributed by atoms with Crippen LogP contribution in [0.3, 0.4) is 0 Å². The summed E-state index contributed by atoms with van der Waals surface area (Å²) in [5, 5.41) is 0.715. The molecule has 0 bridgehead atoms. The first-order chi connectivity index (χ1) is 16.4. The molecule has 1 atom stereocenters. The van der Waals surface area contributed by atoms with Crippen molar-refractivity contribution in [3.63, 3.8) is 0 Å². The molecule has 6 rings (SSSR count). The van der Waals surface area contributed by atoms with Crippen LogP contribution in [0.4, 0.5) is 0 Å². The van der Waals surface area contributed by atoms with E-state index in [9.17, 15) is 8.42 Å². The van der Waals surface area contributed by atoms with Gasteiger partial charge in [-0.25, -0.2) is 17.4 Å². The highest BCUT2D eigenvalue weighted by Gasteiger charge is 2.34. The molecular weight excluding hydrogens is 446 g/mol. The standard InChI is InChI=1S/C27H27N3O3S/c1-18-23-16-21(11-10-19(23)13-15-29(18)2)33-26-12-14-28-27-24(26)17-25(20-8-9-20)30(27)34(31,32)22-6-4-3-5-7-22/h3-7,10-12,14,16-18,20H,8-9,13,15H2,1-2H3. The lowest BCUT2D eigenvalue weighted by molar-refractivity contribution is 0.247. The minimum atomic E-state index is -3.78. The number of aromatic nitrogens is 2. The van der Waals surface area contributed by atoms with Crippen molar-refractivity contribution in [2.24, 2.45) is 0 Å². The van der Waals surface area contributed by atoms with Gasteiger partial charge in [0.1, 0.15) is 11.5 Å². The third kappa shape index (κ3) is 3.51. The number of hydrogen-bond donors (Lipinski definition) is 0. The molecule has 0 radical (unpaired) electrons. The molecule has 7 heteroatoms. The summed E-state index contributed by atoms with van der Waals surface area (Å²) in [7, 11) is -1.64. The van der Waals surface area contributed by atoms with E-state index in [2.05, 4.69) is 36.0 Å². The van der Waals surface area contributed by atoms with Gasteiger partial charge in [0, 0.05) is 30.4 Å². The minimum Gasteiger partial charge on any atom is -0.457 e. The van der Waals surface area contributed by atoms with Crippen LogP contribution in [0.1, 0.15) is 48.5 Å². The van der Waals surface area contributed by atoms with E-state index in [1.54, 1.807) is 30.5 Å². The summed E-state index contributed by atoms with van der Waals surface area (Å²) in [6.45, 7) is 3.26. The van der Waals surface area contributed by atoms with E-state index >= 15 is 0 Å². The van der Waals surface area contributed by atoms with Gasteiger partial charge in [-0.2, -0.15) is 0 Å². The van der Waals surface area contributed by atoms with Crippen molar-refractivity contribution in [2.75, 3.05) is 13.6 Å². The second kappa shape index (κ2) is 7.96. The predicted molar refractivity (Wildman–Crippen MR) is 132 cm³/mol. The fourth-order valence-electron chi connectivity index (χ4n) is 4.88. The van der Waals surface area contributed by atoms with Gasteiger partial charge in [-0.3, -0.25) is 4.90 Å². The van der Waals surface area contributed by atoms with Gasteiger partial charge in [-0.1, -0.05) is 24.3 Å². The zero-order valence-corrected chi connectivity index (χ0v) is 20.1. The Morgan fingerprint density at radius 3 is 2.59 bits per heavy atom. The fourth-order valence-corrected chi connectivity index (χ4v) is 6.45. The average molecular weight is 474 g/mol. The topological polar surface area (TPSA) is 64.4 Å². The number of benzene rings is 2. The first-order valence-electron chi connectivity index (χ1n) is 11.8. The molecule has 3 heterocycles. The zero-order chi connectivity index (χ0) is 23.4. The lowest BCUT2D eigenvalue weighted by Gasteiger charge is -2.32. The number of hydrogen-bond acceptors (Lipinski definition) is 5. The molecule has 0 saturated heterocycles. The summed E-state index contributed by atoms with van der Waals surface area (Å²) in [6, 6.07) is 18.9. The Labute approximate surface area is 199 Å². The van der Waals surface area contributed by atoms with Crippen LogP contribution in [0.5, 0.6) is 11.5 Å². The maximum Gasteiger partial charge on any atom is 0.269 e. The largest absolute Gasteiger partial charge is 0.457 e. The van der Waals surface area contributed by atoms with E-state index < -0.39 is 10.0 Å². The molecule has 2 aliphatic rings. The van der Waals surface area contributed by atoms with Crippen molar-refractivity contribution in [2.45, 2.75) is 43.0 Å². The molecule has 1 unspecified atom stereocenters. The van der Waals surface area contributed by atoms with Gasteiger partial charge in [0.05, 0.1) is 10.3 Å². The summed E-state index contributed by atoms with van der Waals surface area (Å²) in [5.74, 6) is 1.59. The highest BCUT2D eigenvalue weighted by atomic mass is 32.2. The lowest BCUT2D eigenvalue weighted by Crippen LogP contribution is -2.30. The van der Waals surface area contributed by atoms with E-state index in [1.807, 2.05) is 24.3 Å². The van der Waals surface area contributed by atoms with Crippen LogP contribution in [0, 0.1) is 0 Å². The Balaban J connectivity index is 1.46.